The van der Waals surface area contributed by atoms with Crippen LogP contribution < -0.4 is 5.56 Å². The van der Waals surface area contributed by atoms with Gasteiger partial charge in [0.1, 0.15) is 5.65 Å². The minimum Gasteiger partial charge on any atom is -0.375 e. The predicted octanol–water partition coefficient (Wildman–Crippen LogP) is 2.71. The molecule has 0 saturated carbocycles. The first kappa shape index (κ1) is 16.6. The quantitative estimate of drug-likeness (QED) is 0.495. The number of ether oxygens (including phenoxy) is 1. The Hall–Kier alpha value is -2.24. The van der Waals surface area contributed by atoms with E-state index in [9.17, 15) is 4.79 Å². The Kier molecular flexibility index (Phi) is 5.23. The van der Waals surface area contributed by atoms with Crippen LogP contribution in [-0.4, -0.2) is 40.5 Å². The highest BCUT2D eigenvalue weighted by Crippen LogP contribution is 2.16. The number of nitrogens with zero attached hydrogens (tertiary/aromatic N) is 3. The molecule has 3 rings (SSSR count). The molecule has 0 bridgehead atoms. The van der Waals surface area contributed by atoms with E-state index in [0.29, 0.717) is 24.4 Å². The van der Waals surface area contributed by atoms with Gasteiger partial charge in [0.05, 0.1) is 18.8 Å². The summed E-state index contributed by atoms with van der Waals surface area (Å²) in [5, 5.41) is 2.05. The Bertz CT molecular complexity index is 885. The lowest BCUT2D eigenvalue weighted by Crippen LogP contribution is -2.27. The predicted molar refractivity (Wildman–Crippen MR) is 96.4 cm³/mol. The summed E-state index contributed by atoms with van der Waals surface area (Å²) in [6.45, 7) is 8.06. The van der Waals surface area contributed by atoms with Crippen LogP contribution in [0.25, 0.3) is 16.4 Å². The van der Waals surface area contributed by atoms with Crippen LogP contribution in [0.3, 0.4) is 0 Å². The molecule has 0 aliphatic heterocycles. The summed E-state index contributed by atoms with van der Waals surface area (Å²) < 4.78 is 7.28. The van der Waals surface area contributed by atoms with E-state index < -0.39 is 0 Å². The van der Waals surface area contributed by atoms with E-state index in [-0.39, 0.29) is 5.56 Å². The Morgan fingerprint density at radius 2 is 1.96 bits per heavy atom. The molecule has 0 amide bonds. The lowest BCUT2D eigenvalue weighted by atomic mass is 10.1. The van der Waals surface area contributed by atoms with E-state index in [2.05, 4.69) is 23.7 Å². The summed E-state index contributed by atoms with van der Waals surface area (Å²) in [6.07, 6.45) is 3.42. The van der Waals surface area contributed by atoms with Gasteiger partial charge in [0.25, 0.3) is 5.56 Å². The zero-order valence-corrected chi connectivity index (χ0v) is 14.2. The van der Waals surface area contributed by atoms with E-state index in [4.69, 9.17) is 4.74 Å². The SMILES string of the molecule is CCN(CC)CCOCc1cnc2c3ccccc3ccn2c1=O. The molecule has 0 fully saturated rings. The summed E-state index contributed by atoms with van der Waals surface area (Å²) in [6, 6.07) is 9.88. The Balaban J connectivity index is 1.79. The van der Waals surface area contributed by atoms with Crippen LogP contribution in [-0.2, 0) is 11.3 Å². The van der Waals surface area contributed by atoms with Crippen LogP contribution in [0.15, 0.2) is 47.5 Å². The van der Waals surface area contributed by atoms with Crippen molar-refractivity contribution in [3.63, 3.8) is 0 Å². The first-order valence-corrected chi connectivity index (χ1v) is 8.42. The van der Waals surface area contributed by atoms with Crippen molar-refractivity contribution >= 4 is 16.4 Å². The third-order valence-corrected chi connectivity index (χ3v) is 4.37. The summed E-state index contributed by atoms with van der Waals surface area (Å²) in [5.74, 6) is 0. The number of rotatable bonds is 7. The topological polar surface area (TPSA) is 46.8 Å². The molecule has 126 valence electrons. The first-order chi connectivity index (χ1) is 11.7. The first-order valence-electron chi connectivity index (χ1n) is 8.42. The number of hydrogen-bond donors (Lipinski definition) is 0. The maximum Gasteiger partial charge on any atom is 0.263 e. The van der Waals surface area contributed by atoms with Gasteiger partial charge in [-0.1, -0.05) is 38.1 Å². The molecule has 0 unspecified atom stereocenters. The fourth-order valence-electron chi connectivity index (χ4n) is 2.86. The van der Waals surface area contributed by atoms with Crippen molar-refractivity contribution in [2.45, 2.75) is 20.5 Å². The smallest absolute Gasteiger partial charge is 0.263 e. The zero-order valence-electron chi connectivity index (χ0n) is 14.2. The van der Waals surface area contributed by atoms with Crippen LogP contribution in [0, 0.1) is 0 Å². The highest BCUT2D eigenvalue weighted by Gasteiger charge is 2.08. The second-order valence-electron chi connectivity index (χ2n) is 5.76. The Morgan fingerprint density at radius 1 is 1.17 bits per heavy atom. The van der Waals surface area contributed by atoms with Crippen LogP contribution in [0.5, 0.6) is 0 Å². The van der Waals surface area contributed by atoms with E-state index >= 15 is 0 Å². The van der Waals surface area contributed by atoms with E-state index in [1.165, 1.54) is 0 Å². The van der Waals surface area contributed by atoms with Gasteiger partial charge in [0.15, 0.2) is 0 Å². The summed E-state index contributed by atoms with van der Waals surface area (Å²) in [5.41, 5.74) is 1.21. The molecular formula is C19H23N3O2. The molecule has 0 saturated heterocycles. The molecule has 5 heteroatoms. The van der Waals surface area contributed by atoms with Gasteiger partial charge in [-0.3, -0.25) is 9.20 Å². The molecule has 1 aromatic carbocycles. The minimum absolute atomic E-state index is 0.0615. The normalized spacial score (nSPS) is 11.6. The average Bonchev–Trinajstić information content (AvgIpc) is 2.63. The van der Waals surface area contributed by atoms with Crippen molar-refractivity contribution in [2.24, 2.45) is 0 Å². The van der Waals surface area contributed by atoms with Crippen molar-refractivity contribution < 1.29 is 4.74 Å². The van der Waals surface area contributed by atoms with Gasteiger partial charge < -0.3 is 9.64 Å². The van der Waals surface area contributed by atoms with E-state index in [0.717, 1.165) is 30.4 Å². The van der Waals surface area contributed by atoms with Crippen LogP contribution in [0.2, 0.25) is 0 Å². The van der Waals surface area contributed by atoms with E-state index in [1.54, 1.807) is 16.8 Å². The zero-order chi connectivity index (χ0) is 16.9. The number of likely N-dealkylation sites (N-methyl/N-ethyl adjacent to an activating group) is 1. The molecule has 0 aliphatic carbocycles. The summed E-state index contributed by atoms with van der Waals surface area (Å²) >= 11 is 0. The molecule has 0 spiro atoms. The largest absolute Gasteiger partial charge is 0.375 e. The molecule has 5 nitrogen and oxygen atoms in total. The van der Waals surface area contributed by atoms with Crippen molar-refractivity contribution in [3.05, 3.63) is 58.6 Å². The lowest BCUT2D eigenvalue weighted by molar-refractivity contribution is 0.0947. The highest BCUT2D eigenvalue weighted by atomic mass is 16.5. The lowest BCUT2D eigenvalue weighted by Gasteiger charge is -2.17. The fraction of sp³-hybridized carbons (Fsp3) is 0.368. The minimum atomic E-state index is -0.0615. The monoisotopic (exact) mass is 325 g/mol. The van der Waals surface area contributed by atoms with Crippen molar-refractivity contribution in [2.75, 3.05) is 26.2 Å². The van der Waals surface area contributed by atoms with Gasteiger partial charge in [-0.2, -0.15) is 0 Å². The number of hydrogen-bond acceptors (Lipinski definition) is 4. The molecule has 24 heavy (non-hydrogen) atoms. The van der Waals surface area contributed by atoms with Crippen LogP contribution >= 0.6 is 0 Å². The van der Waals surface area contributed by atoms with E-state index in [1.807, 2.05) is 30.3 Å². The second kappa shape index (κ2) is 7.55. The summed E-state index contributed by atoms with van der Waals surface area (Å²) in [4.78, 5) is 19.4. The summed E-state index contributed by atoms with van der Waals surface area (Å²) in [7, 11) is 0. The third-order valence-electron chi connectivity index (χ3n) is 4.37. The molecule has 3 aromatic rings. The molecule has 0 atom stereocenters. The molecular weight excluding hydrogens is 302 g/mol. The maximum atomic E-state index is 12.6. The Morgan fingerprint density at radius 3 is 2.75 bits per heavy atom. The van der Waals surface area contributed by atoms with Crippen molar-refractivity contribution in [3.8, 4) is 0 Å². The molecule has 2 aromatic heterocycles. The van der Waals surface area contributed by atoms with Crippen LogP contribution in [0.1, 0.15) is 19.4 Å². The molecule has 2 heterocycles. The second-order valence-corrected chi connectivity index (χ2v) is 5.76. The average molecular weight is 325 g/mol. The van der Waals surface area contributed by atoms with Gasteiger partial charge in [-0.15, -0.1) is 0 Å². The van der Waals surface area contributed by atoms with Gasteiger partial charge in [-0.05, 0) is 24.5 Å². The third kappa shape index (κ3) is 3.32. The molecule has 0 aliphatic rings. The Labute approximate surface area is 141 Å². The van der Waals surface area contributed by atoms with Gasteiger partial charge in [0.2, 0.25) is 0 Å². The van der Waals surface area contributed by atoms with Gasteiger partial charge in [-0.25, -0.2) is 4.98 Å². The number of fused-ring (bicyclic) bond motifs is 3. The van der Waals surface area contributed by atoms with Gasteiger partial charge >= 0.3 is 0 Å². The molecule has 0 N–H and O–H groups in total. The van der Waals surface area contributed by atoms with Crippen molar-refractivity contribution in [1.29, 1.82) is 0 Å². The maximum absolute atomic E-state index is 12.6. The fourth-order valence-corrected chi connectivity index (χ4v) is 2.86. The van der Waals surface area contributed by atoms with Gasteiger partial charge in [0, 0.05) is 24.3 Å². The van der Waals surface area contributed by atoms with Crippen LogP contribution in [0.4, 0.5) is 0 Å². The standard InChI is InChI=1S/C19H23N3O2/c1-3-21(4-2)11-12-24-14-16-13-20-18-17-8-6-5-7-15(17)9-10-22(18)19(16)23/h5-10,13H,3-4,11-12,14H2,1-2H3. The number of pyridine rings is 1. The number of benzene rings is 1. The van der Waals surface area contributed by atoms with Crippen molar-refractivity contribution in [1.82, 2.24) is 14.3 Å². The highest BCUT2D eigenvalue weighted by molar-refractivity contribution is 5.93. The molecule has 0 radical (unpaired) electrons. The number of aromatic nitrogens is 2.